The van der Waals surface area contributed by atoms with Gasteiger partial charge in [0.1, 0.15) is 0 Å². The number of carbonyl (C=O) groups is 2. The first-order valence-electron chi connectivity index (χ1n) is 9.57. The van der Waals surface area contributed by atoms with Crippen LogP contribution in [0.2, 0.25) is 0 Å². The quantitative estimate of drug-likeness (QED) is 0.653. The van der Waals surface area contributed by atoms with Gasteiger partial charge in [0, 0.05) is 23.2 Å². The van der Waals surface area contributed by atoms with E-state index in [9.17, 15) is 22.8 Å². The van der Waals surface area contributed by atoms with Crippen molar-refractivity contribution in [2.45, 2.75) is 57.9 Å². The van der Waals surface area contributed by atoms with Gasteiger partial charge >= 0.3 is 6.18 Å². The fraction of sp³-hybridized carbons (Fsp3) is 0.476. The van der Waals surface area contributed by atoms with Crippen LogP contribution in [-0.4, -0.2) is 29.5 Å². The molecule has 0 radical (unpaired) electrons. The van der Waals surface area contributed by atoms with E-state index >= 15 is 0 Å². The summed E-state index contributed by atoms with van der Waals surface area (Å²) in [5.74, 6) is -0.883. The Labute approximate surface area is 176 Å². The number of benzene rings is 1. The molecule has 1 atom stereocenters. The number of aromatic nitrogens is 1. The number of hydrogen-bond acceptors (Lipinski definition) is 4. The van der Waals surface area contributed by atoms with Gasteiger partial charge in [-0.2, -0.15) is 18.2 Å². The molecular formula is C21H23F3N2O3S. The number of carbonyl (C=O) groups excluding carboxylic acids is 2. The Hall–Kier alpha value is -2.26. The smallest absolute Gasteiger partial charge is 0.376 e. The molecule has 0 bridgehead atoms. The predicted molar refractivity (Wildman–Crippen MR) is 107 cm³/mol. The van der Waals surface area contributed by atoms with Crippen LogP contribution in [0, 0.1) is 0 Å². The highest BCUT2D eigenvalue weighted by atomic mass is 32.1. The molecule has 9 heteroatoms. The molecule has 0 unspecified atom stereocenters. The minimum Gasteiger partial charge on any atom is -0.376 e. The number of ether oxygens (including phenoxy) is 1. The van der Waals surface area contributed by atoms with Gasteiger partial charge in [0.15, 0.2) is 11.1 Å². The lowest BCUT2D eigenvalue weighted by atomic mass is 9.95. The van der Waals surface area contributed by atoms with Gasteiger partial charge in [-0.3, -0.25) is 9.59 Å². The highest BCUT2D eigenvalue weighted by Gasteiger charge is 2.32. The first-order chi connectivity index (χ1) is 14.0. The molecule has 1 aliphatic rings. The first-order valence-corrected chi connectivity index (χ1v) is 10.4. The summed E-state index contributed by atoms with van der Waals surface area (Å²) in [6, 6.07) is 2.45. The van der Waals surface area contributed by atoms with Crippen LogP contribution < -0.4 is 4.80 Å². The number of halogens is 3. The van der Waals surface area contributed by atoms with E-state index < -0.39 is 17.6 Å². The van der Waals surface area contributed by atoms with Crippen LogP contribution in [0.15, 0.2) is 29.4 Å². The summed E-state index contributed by atoms with van der Waals surface area (Å²) < 4.78 is 46.7. The first kappa shape index (κ1) is 22.4. The molecule has 30 heavy (non-hydrogen) atoms. The molecule has 0 saturated carbocycles. The Kier molecular flexibility index (Phi) is 6.33. The van der Waals surface area contributed by atoms with Crippen LogP contribution in [0.25, 0.3) is 0 Å². The largest absolute Gasteiger partial charge is 0.416 e. The number of alkyl halides is 3. The minimum atomic E-state index is -4.63. The molecule has 1 amide bonds. The van der Waals surface area contributed by atoms with E-state index in [4.69, 9.17) is 4.74 Å². The second-order valence-electron chi connectivity index (χ2n) is 8.25. The minimum absolute atomic E-state index is 0.000522. The molecule has 5 nitrogen and oxygen atoms in total. The average molecular weight is 440 g/mol. The Morgan fingerprint density at radius 3 is 2.63 bits per heavy atom. The van der Waals surface area contributed by atoms with Gasteiger partial charge in [0.2, 0.25) is 0 Å². The molecule has 0 spiro atoms. The number of rotatable bonds is 4. The number of aldehydes is 1. The van der Waals surface area contributed by atoms with Crippen molar-refractivity contribution in [2.75, 3.05) is 6.61 Å². The van der Waals surface area contributed by atoms with Crippen molar-refractivity contribution in [1.82, 2.24) is 4.57 Å². The zero-order valence-corrected chi connectivity index (χ0v) is 17.8. The van der Waals surface area contributed by atoms with Crippen molar-refractivity contribution in [3.63, 3.8) is 0 Å². The van der Waals surface area contributed by atoms with Gasteiger partial charge < -0.3 is 9.30 Å². The van der Waals surface area contributed by atoms with Gasteiger partial charge in [-0.15, -0.1) is 11.3 Å². The van der Waals surface area contributed by atoms with Crippen LogP contribution >= 0.6 is 11.3 Å². The second-order valence-corrected chi connectivity index (χ2v) is 9.26. The van der Waals surface area contributed by atoms with Gasteiger partial charge in [-0.05, 0) is 30.4 Å². The van der Waals surface area contributed by atoms with Crippen molar-refractivity contribution in [3.8, 4) is 0 Å². The maximum Gasteiger partial charge on any atom is 0.416 e. The van der Waals surface area contributed by atoms with Crippen molar-refractivity contribution in [1.29, 1.82) is 0 Å². The Morgan fingerprint density at radius 1 is 1.33 bits per heavy atom. The molecule has 2 heterocycles. The Bertz CT molecular complexity index is 1010. The van der Waals surface area contributed by atoms with Gasteiger partial charge in [0.05, 0.1) is 23.8 Å². The Morgan fingerprint density at radius 2 is 2.07 bits per heavy atom. The van der Waals surface area contributed by atoms with E-state index in [0.717, 1.165) is 29.9 Å². The maximum absolute atomic E-state index is 13.1. The molecular weight excluding hydrogens is 417 g/mol. The van der Waals surface area contributed by atoms with E-state index in [1.54, 1.807) is 0 Å². The van der Waals surface area contributed by atoms with Crippen LogP contribution in [0.1, 0.15) is 64.8 Å². The van der Waals surface area contributed by atoms with Gasteiger partial charge in [-0.1, -0.05) is 26.8 Å². The lowest BCUT2D eigenvalue weighted by Gasteiger charge is -2.15. The maximum atomic E-state index is 13.1. The van der Waals surface area contributed by atoms with Crippen molar-refractivity contribution >= 4 is 23.5 Å². The molecule has 1 saturated heterocycles. The van der Waals surface area contributed by atoms with Crippen molar-refractivity contribution in [2.24, 2.45) is 4.99 Å². The lowest BCUT2D eigenvalue weighted by Crippen LogP contribution is -2.23. The van der Waals surface area contributed by atoms with E-state index in [-0.39, 0.29) is 22.6 Å². The standard InChI is InChI=1S/C21H23F3N2O3S/c1-20(2,3)17-11-26(10-15-5-4-8-29-15)19(30-17)25-18(28)16-9-14(21(22,23)24)7-6-13(16)12-27/h6-7,9,11-12,15H,4-5,8,10H2,1-3H3/b25-19-/t15-/m1/s1. The third kappa shape index (κ3) is 5.07. The fourth-order valence-corrected chi connectivity index (χ4v) is 4.18. The lowest BCUT2D eigenvalue weighted by molar-refractivity contribution is -0.137. The molecule has 1 aromatic carbocycles. The molecule has 2 aromatic rings. The molecule has 0 aliphatic carbocycles. The number of nitrogens with zero attached hydrogens (tertiary/aromatic N) is 2. The summed E-state index contributed by atoms with van der Waals surface area (Å²) in [6.45, 7) is 7.26. The van der Waals surface area contributed by atoms with E-state index in [2.05, 4.69) is 4.99 Å². The monoisotopic (exact) mass is 440 g/mol. The van der Waals surface area contributed by atoms with Crippen molar-refractivity contribution < 1.29 is 27.5 Å². The molecule has 162 valence electrons. The van der Waals surface area contributed by atoms with Crippen molar-refractivity contribution in [3.05, 3.63) is 50.8 Å². The summed E-state index contributed by atoms with van der Waals surface area (Å²) in [7, 11) is 0. The van der Waals surface area contributed by atoms with Crippen LogP contribution in [0.5, 0.6) is 0 Å². The van der Waals surface area contributed by atoms with E-state index in [1.807, 2.05) is 31.5 Å². The molecule has 1 aromatic heterocycles. The summed E-state index contributed by atoms with van der Waals surface area (Å²) in [5, 5.41) is 0. The number of amides is 1. The third-order valence-corrected chi connectivity index (χ3v) is 6.26. The van der Waals surface area contributed by atoms with E-state index in [1.165, 1.54) is 11.3 Å². The molecule has 3 rings (SSSR count). The molecule has 1 aliphatic heterocycles. The normalized spacial score (nSPS) is 18.1. The average Bonchev–Trinajstić information content (AvgIpc) is 3.31. The van der Waals surface area contributed by atoms with Gasteiger partial charge in [0.25, 0.3) is 5.91 Å². The van der Waals surface area contributed by atoms with E-state index in [0.29, 0.717) is 30.3 Å². The predicted octanol–water partition coefficient (Wildman–Crippen LogP) is 4.60. The van der Waals surface area contributed by atoms with Crippen LogP contribution in [0.4, 0.5) is 13.2 Å². The Balaban J connectivity index is 2.06. The van der Waals surface area contributed by atoms with Crippen LogP contribution in [0.3, 0.4) is 0 Å². The van der Waals surface area contributed by atoms with Gasteiger partial charge in [-0.25, -0.2) is 0 Å². The summed E-state index contributed by atoms with van der Waals surface area (Å²) in [4.78, 5) is 29.5. The number of thiazole rings is 1. The van der Waals surface area contributed by atoms with Crippen LogP contribution in [-0.2, 0) is 22.9 Å². The summed E-state index contributed by atoms with van der Waals surface area (Å²) in [6.07, 6.45) is -0.508. The highest BCUT2D eigenvalue weighted by Crippen LogP contribution is 2.31. The topological polar surface area (TPSA) is 60.7 Å². The molecule has 0 N–H and O–H groups in total. The second kappa shape index (κ2) is 8.47. The summed E-state index contributed by atoms with van der Waals surface area (Å²) >= 11 is 1.31. The summed E-state index contributed by atoms with van der Waals surface area (Å²) in [5.41, 5.74) is -1.69. The highest BCUT2D eigenvalue weighted by molar-refractivity contribution is 7.09. The zero-order chi connectivity index (χ0) is 22.1. The number of hydrogen-bond donors (Lipinski definition) is 0. The zero-order valence-electron chi connectivity index (χ0n) is 17.0. The SMILES string of the molecule is CC(C)(C)c1cn(C[C@H]2CCCO2)/c(=N/C(=O)c2cc(C(F)(F)F)ccc2C=O)s1. The molecule has 1 fully saturated rings. The fourth-order valence-electron chi connectivity index (χ4n) is 3.12. The third-order valence-electron chi connectivity index (χ3n) is 4.82.